The molecule has 1 aromatic heterocycles. The molecule has 0 aliphatic carbocycles. The summed E-state index contributed by atoms with van der Waals surface area (Å²) in [5.74, 6) is 2.43. The maximum Gasteiger partial charge on any atom is 0.191 e. The Balaban J connectivity index is 1.57. The average molecular weight is 392 g/mol. The van der Waals surface area contributed by atoms with Crippen LogP contribution in [0.15, 0.2) is 65.8 Å². The van der Waals surface area contributed by atoms with Crippen molar-refractivity contribution in [2.24, 2.45) is 4.99 Å². The first kappa shape index (κ1) is 20.5. The van der Waals surface area contributed by atoms with Gasteiger partial charge in [-0.15, -0.1) is 0 Å². The zero-order chi connectivity index (χ0) is 20.7. The summed E-state index contributed by atoms with van der Waals surface area (Å²) in [7, 11) is 1.75. The molecule has 1 heterocycles. The number of nitrogens with zero attached hydrogens (tertiary/aromatic N) is 2. The van der Waals surface area contributed by atoms with Crippen molar-refractivity contribution in [3.63, 3.8) is 0 Å². The highest BCUT2D eigenvalue weighted by Crippen LogP contribution is 2.22. The number of para-hydroxylation sites is 1. The molecule has 3 N–H and O–H groups in total. The molecule has 0 atom stereocenters. The molecule has 6 heteroatoms. The molecule has 0 aliphatic heterocycles. The number of hydrogen-bond donors (Lipinski definition) is 3. The van der Waals surface area contributed by atoms with Crippen LogP contribution in [0.4, 0.5) is 0 Å². The van der Waals surface area contributed by atoms with Crippen LogP contribution in [-0.4, -0.2) is 28.6 Å². The van der Waals surface area contributed by atoms with E-state index in [2.05, 4.69) is 43.8 Å². The van der Waals surface area contributed by atoms with Crippen molar-refractivity contribution in [1.29, 1.82) is 0 Å². The van der Waals surface area contributed by atoms with Crippen molar-refractivity contribution >= 4 is 5.96 Å². The van der Waals surface area contributed by atoms with Gasteiger partial charge in [0.2, 0.25) is 0 Å². The Bertz CT molecular complexity index is 941. The van der Waals surface area contributed by atoms with Crippen LogP contribution < -0.4 is 15.4 Å². The number of imidazole rings is 1. The van der Waals surface area contributed by atoms with Crippen LogP contribution in [0.25, 0.3) is 11.3 Å². The van der Waals surface area contributed by atoms with E-state index in [9.17, 15) is 0 Å². The van der Waals surface area contributed by atoms with Gasteiger partial charge in [0.05, 0.1) is 18.4 Å². The second-order valence-corrected chi connectivity index (χ2v) is 7.71. The largest absolute Gasteiger partial charge is 0.488 e. The van der Waals surface area contributed by atoms with E-state index in [-0.39, 0.29) is 5.60 Å². The molecular formula is C23H29N5O. The summed E-state index contributed by atoms with van der Waals surface area (Å²) in [5, 5.41) is 6.63. The van der Waals surface area contributed by atoms with E-state index in [4.69, 9.17) is 4.74 Å². The van der Waals surface area contributed by atoms with Gasteiger partial charge in [-0.3, -0.25) is 4.99 Å². The summed E-state index contributed by atoms with van der Waals surface area (Å²) in [6.07, 6.45) is 1.85. The molecular weight excluding hydrogens is 362 g/mol. The lowest BCUT2D eigenvalue weighted by molar-refractivity contribution is 0.129. The van der Waals surface area contributed by atoms with Gasteiger partial charge in [-0.1, -0.05) is 48.5 Å². The van der Waals surface area contributed by atoms with Crippen molar-refractivity contribution < 1.29 is 4.74 Å². The Kier molecular flexibility index (Phi) is 6.54. The maximum absolute atomic E-state index is 6.06. The lowest BCUT2D eigenvalue weighted by Gasteiger charge is -2.23. The summed E-state index contributed by atoms with van der Waals surface area (Å²) in [5.41, 5.74) is 2.95. The summed E-state index contributed by atoms with van der Waals surface area (Å²) in [4.78, 5) is 12.1. The second-order valence-electron chi connectivity index (χ2n) is 7.71. The fourth-order valence-electron chi connectivity index (χ4n) is 2.86. The molecule has 3 aromatic rings. The monoisotopic (exact) mass is 391 g/mol. The number of aromatic amines is 1. The van der Waals surface area contributed by atoms with Crippen LogP contribution >= 0.6 is 0 Å². The Labute approximate surface area is 172 Å². The highest BCUT2D eigenvalue weighted by Gasteiger charge is 2.14. The van der Waals surface area contributed by atoms with E-state index in [1.54, 1.807) is 7.05 Å². The van der Waals surface area contributed by atoms with E-state index in [1.165, 1.54) is 0 Å². The average Bonchev–Trinajstić information content (AvgIpc) is 3.18. The van der Waals surface area contributed by atoms with Crippen LogP contribution in [0.5, 0.6) is 5.75 Å². The number of aliphatic imine (C=N–C) groups is 1. The van der Waals surface area contributed by atoms with Gasteiger partial charge in [-0.05, 0) is 32.4 Å². The first-order chi connectivity index (χ1) is 13.9. The SMILES string of the molecule is CN=C(NCc1ncc(-c2ccccc2)[nH]1)NCc1ccccc1OC(C)(C)C. The molecule has 0 bridgehead atoms. The van der Waals surface area contributed by atoms with Crippen LogP contribution in [0.3, 0.4) is 0 Å². The third-order valence-electron chi connectivity index (χ3n) is 4.20. The van der Waals surface area contributed by atoms with E-state index < -0.39 is 0 Å². The molecule has 6 nitrogen and oxygen atoms in total. The third kappa shape index (κ3) is 6.10. The zero-order valence-corrected chi connectivity index (χ0v) is 17.5. The molecule has 0 amide bonds. The van der Waals surface area contributed by atoms with Gasteiger partial charge < -0.3 is 20.4 Å². The molecule has 0 unspecified atom stereocenters. The predicted molar refractivity (Wildman–Crippen MR) is 118 cm³/mol. The summed E-state index contributed by atoms with van der Waals surface area (Å²) < 4.78 is 6.06. The standard InChI is InChI=1S/C23H29N5O/c1-23(2,3)29-20-13-9-8-12-18(20)14-26-22(24-4)27-16-21-25-15-19(28-21)17-10-6-5-7-11-17/h5-13,15H,14,16H2,1-4H3,(H,25,28)(H2,24,26,27). The number of guanidine groups is 1. The first-order valence-corrected chi connectivity index (χ1v) is 9.75. The van der Waals surface area contributed by atoms with E-state index >= 15 is 0 Å². The minimum absolute atomic E-state index is 0.244. The molecule has 0 saturated carbocycles. The van der Waals surface area contributed by atoms with Gasteiger partial charge >= 0.3 is 0 Å². The quantitative estimate of drug-likeness (QED) is 0.436. The van der Waals surface area contributed by atoms with Crippen molar-refractivity contribution in [2.75, 3.05) is 7.05 Å². The zero-order valence-electron chi connectivity index (χ0n) is 17.5. The fraction of sp³-hybridized carbons (Fsp3) is 0.304. The number of H-pyrrole nitrogens is 1. The van der Waals surface area contributed by atoms with Crippen LogP contribution in [0.2, 0.25) is 0 Å². The molecule has 0 saturated heterocycles. The number of rotatable bonds is 6. The summed E-state index contributed by atoms with van der Waals surface area (Å²) in [6.45, 7) is 7.30. The second kappa shape index (κ2) is 9.28. The van der Waals surface area contributed by atoms with Gasteiger partial charge in [-0.25, -0.2) is 4.98 Å². The van der Waals surface area contributed by atoms with Gasteiger partial charge in [0.15, 0.2) is 5.96 Å². The number of aromatic nitrogens is 2. The highest BCUT2D eigenvalue weighted by molar-refractivity contribution is 5.79. The number of ether oxygens (including phenoxy) is 1. The minimum Gasteiger partial charge on any atom is -0.488 e. The molecule has 2 aromatic carbocycles. The maximum atomic E-state index is 6.06. The molecule has 3 rings (SSSR count). The molecule has 0 fully saturated rings. The Morgan fingerprint density at radius 1 is 1.00 bits per heavy atom. The van der Waals surface area contributed by atoms with Gasteiger partial charge in [0, 0.05) is 19.2 Å². The lowest BCUT2D eigenvalue weighted by atomic mass is 10.1. The summed E-state index contributed by atoms with van der Waals surface area (Å²) >= 11 is 0. The van der Waals surface area contributed by atoms with Gasteiger partial charge in [0.25, 0.3) is 0 Å². The fourth-order valence-corrected chi connectivity index (χ4v) is 2.86. The van der Waals surface area contributed by atoms with Crippen molar-refractivity contribution in [2.45, 2.75) is 39.5 Å². The number of hydrogen-bond acceptors (Lipinski definition) is 3. The molecule has 0 radical (unpaired) electrons. The van der Waals surface area contributed by atoms with Gasteiger partial charge in [-0.2, -0.15) is 0 Å². The molecule has 0 aliphatic rings. The van der Waals surface area contributed by atoms with Crippen molar-refractivity contribution in [1.82, 2.24) is 20.6 Å². The van der Waals surface area contributed by atoms with Crippen LogP contribution in [0, 0.1) is 0 Å². The smallest absolute Gasteiger partial charge is 0.191 e. The number of benzene rings is 2. The Morgan fingerprint density at radius 2 is 1.69 bits per heavy atom. The normalized spacial score (nSPS) is 11.9. The topological polar surface area (TPSA) is 74.3 Å². The molecule has 152 valence electrons. The molecule has 29 heavy (non-hydrogen) atoms. The summed E-state index contributed by atoms with van der Waals surface area (Å²) in [6, 6.07) is 18.2. The number of nitrogens with one attached hydrogen (secondary N) is 3. The third-order valence-corrected chi connectivity index (χ3v) is 4.20. The van der Waals surface area contributed by atoms with Crippen LogP contribution in [-0.2, 0) is 13.1 Å². The predicted octanol–water partition coefficient (Wildman–Crippen LogP) is 4.12. The van der Waals surface area contributed by atoms with Crippen molar-refractivity contribution in [3.8, 4) is 17.0 Å². The van der Waals surface area contributed by atoms with E-state index in [1.807, 2.05) is 63.4 Å². The first-order valence-electron chi connectivity index (χ1n) is 9.75. The Hall–Kier alpha value is -3.28. The van der Waals surface area contributed by atoms with Gasteiger partial charge in [0.1, 0.15) is 17.2 Å². The van der Waals surface area contributed by atoms with E-state index in [0.717, 1.165) is 28.4 Å². The minimum atomic E-state index is -0.244. The van der Waals surface area contributed by atoms with E-state index in [0.29, 0.717) is 19.0 Å². The molecule has 0 spiro atoms. The Morgan fingerprint density at radius 3 is 2.41 bits per heavy atom. The van der Waals surface area contributed by atoms with Crippen molar-refractivity contribution in [3.05, 3.63) is 72.2 Å². The van der Waals surface area contributed by atoms with Crippen LogP contribution in [0.1, 0.15) is 32.2 Å². The highest BCUT2D eigenvalue weighted by atomic mass is 16.5. The lowest BCUT2D eigenvalue weighted by Crippen LogP contribution is -2.36.